The molecule has 0 aromatic heterocycles. The molecule has 1 aliphatic carbocycles. The molecule has 0 saturated heterocycles. The van der Waals surface area contributed by atoms with E-state index in [9.17, 15) is 14.7 Å². The predicted octanol–water partition coefficient (Wildman–Crippen LogP) is 5.34. The first-order chi connectivity index (χ1) is 13.6. The largest absolute Gasteiger partial charge is 0.508 e. The van der Waals surface area contributed by atoms with Gasteiger partial charge in [-0.3, -0.25) is 4.79 Å². The maximum Gasteiger partial charge on any atom is 0.338 e. The summed E-state index contributed by atoms with van der Waals surface area (Å²) in [6, 6.07) is 5.99. The van der Waals surface area contributed by atoms with Gasteiger partial charge in [-0.05, 0) is 69.0 Å². The number of esters is 2. The zero-order chi connectivity index (χ0) is 21.6. The monoisotopic (exact) mass is 400 g/mol. The molecule has 29 heavy (non-hydrogen) atoms. The van der Waals surface area contributed by atoms with E-state index in [-0.39, 0.29) is 17.1 Å². The van der Waals surface area contributed by atoms with Crippen LogP contribution in [0.4, 0.5) is 0 Å². The van der Waals surface area contributed by atoms with Crippen molar-refractivity contribution < 1.29 is 24.2 Å². The number of benzene rings is 1. The lowest BCUT2D eigenvalue weighted by Gasteiger charge is -2.32. The Morgan fingerprint density at radius 1 is 1.10 bits per heavy atom. The van der Waals surface area contributed by atoms with Crippen LogP contribution in [0.25, 0.3) is 0 Å². The highest BCUT2D eigenvalue weighted by atomic mass is 16.5. The van der Waals surface area contributed by atoms with E-state index in [0.717, 1.165) is 24.8 Å². The number of carbonyl (C=O) groups is 2. The van der Waals surface area contributed by atoms with Gasteiger partial charge in [-0.2, -0.15) is 0 Å². The summed E-state index contributed by atoms with van der Waals surface area (Å²) in [6.45, 7) is 9.60. The number of carbonyl (C=O) groups excluding carboxylic acids is 2. The van der Waals surface area contributed by atoms with Crippen LogP contribution in [-0.2, 0) is 14.3 Å². The molecule has 0 radical (unpaired) electrons. The minimum absolute atomic E-state index is 0.0950. The van der Waals surface area contributed by atoms with Crippen LogP contribution in [0.3, 0.4) is 0 Å². The smallest absolute Gasteiger partial charge is 0.338 e. The van der Waals surface area contributed by atoms with Gasteiger partial charge in [0.15, 0.2) is 0 Å². The fourth-order valence-electron chi connectivity index (χ4n) is 3.44. The van der Waals surface area contributed by atoms with Crippen molar-refractivity contribution >= 4 is 11.9 Å². The van der Waals surface area contributed by atoms with Gasteiger partial charge in [-0.25, -0.2) is 4.79 Å². The Balaban J connectivity index is 2.33. The molecule has 0 bridgehead atoms. The number of phenols is 1. The van der Waals surface area contributed by atoms with Crippen molar-refractivity contribution in [1.29, 1.82) is 0 Å². The average Bonchev–Trinajstić information content (AvgIpc) is 2.65. The van der Waals surface area contributed by atoms with Crippen LogP contribution in [0.5, 0.6) is 5.75 Å². The second-order valence-corrected chi connectivity index (χ2v) is 8.51. The lowest BCUT2D eigenvalue weighted by atomic mass is 9.80. The fraction of sp³-hybridized carbons (Fsp3) is 0.500. The van der Waals surface area contributed by atoms with Gasteiger partial charge in [0.1, 0.15) is 18.0 Å². The van der Waals surface area contributed by atoms with Crippen molar-refractivity contribution in [2.75, 3.05) is 0 Å². The molecule has 1 aliphatic rings. The Morgan fingerprint density at radius 2 is 1.76 bits per heavy atom. The van der Waals surface area contributed by atoms with E-state index in [1.54, 1.807) is 0 Å². The molecule has 0 fully saturated rings. The quantitative estimate of drug-likeness (QED) is 0.547. The fourth-order valence-corrected chi connectivity index (χ4v) is 3.44. The third kappa shape index (κ3) is 6.77. The van der Waals surface area contributed by atoms with E-state index in [2.05, 4.69) is 26.8 Å². The van der Waals surface area contributed by atoms with E-state index in [0.29, 0.717) is 12.0 Å². The molecule has 5 nitrogen and oxygen atoms in total. The van der Waals surface area contributed by atoms with Crippen LogP contribution >= 0.6 is 0 Å². The third-order valence-electron chi connectivity index (χ3n) is 5.41. The van der Waals surface area contributed by atoms with Crippen molar-refractivity contribution in [3.8, 4) is 5.75 Å². The van der Waals surface area contributed by atoms with Crippen LogP contribution in [0.15, 0.2) is 47.6 Å². The van der Waals surface area contributed by atoms with Crippen molar-refractivity contribution in [2.45, 2.75) is 72.5 Å². The summed E-state index contributed by atoms with van der Waals surface area (Å²) < 4.78 is 11.4. The number of hydrogen-bond acceptors (Lipinski definition) is 5. The lowest BCUT2D eigenvalue weighted by Crippen LogP contribution is -2.33. The summed E-state index contributed by atoms with van der Waals surface area (Å²) in [7, 11) is 0. The zero-order valence-electron chi connectivity index (χ0n) is 18.0. The Hall–Kier alpha value is -2.56. The summed E-state index contributed by atoms with van der Waals surface area (Å²) in [6.07, 6.45) is 6.61. The number of ether oxygens (including phenoxy) is 2. The molecule has 1 aromatic carbocycles. The van der Waals surface area contributed by atoms with E-state index in [1.165, 1.54) is 36.8 Å². The standard InChI is InChI=1S/C24H32O5/c1-16-7-6-14-24(4,5)22(28-18(3)25)15-17(2)21(13-8-16)29-23(27)19-9-11-20(26)12-10-19/h8-12,15,21-22,26H,6-7,13-14H2,1-5H3/t21-,22-/m1/s1. The van der Waals surface area contributed by atoms with Gasteiger partial charge in [-0.15, -0.1) is 0 Å². The number of aromatic hydroxyl groups is 1. The van der Waals surface area contributed by atoms with Crippen LogP contribution in [0.2, 0.25) is 0 Å². The molecular weight excluding hydrogens is 368 g/mol. The molecule has 1 N–H and O–H groups in total. The van der Waals surface area contributed by atoms with E-state index < -0.39 is 18.2 Å². The molecule has 1 aromatic rings. The van der Waals surface area contributed by atoms with E-state index in [1.807, 2.05) is 13.0 Å². The maximum absolute atomic E-state index is 12.6. The first-order valence-electron chi connectivity index (χ1n) is 10.1. The maximum atomic E-state index is 12.6. The SMILES string of the molecule is CC(=O)O[C@@H]1C=C(C)[C@H](OC(=O)c2ccc(O)cc2)CC=C(C)CCCC1(C)C. The van der Waals surface area contributed by atoms with Gasteiger partial charge >= 0.3 is 11.9 Å². The van der Waals surface area contributed by atoms with Crippen LogP contribution < -0.4 is 0 Å². The Kier molecular flexibility index (Phi) is 7.66. The van der Waals surface area contributed by atoms with Crippen LogP contribution in [0.1, 0.15) is 70.7 Å². The molecular formula is C24H32O5. The Labute approximate surface area is 173 Å². The molecule has 0 amide bonds. The topological polar surface area (TPSA) is 72.8 Å². The number of allylic oxidation sites excluding steroid dienone is 1. The number of hydrogen-bond donors (Lipinski definition) is 1. The van der Waals surface area contributed by atoms with Crippen molar-refractivity contribution in [3.63, 3.8) is 0 Å². The van der Waals surface area contributed by atoms with Gasteiger partial charge in [0.2, 0.25) is 0 Å². The van der Waals surface area contributed by atoms with Crippen molar-refractivity contribution in [2.24, 2.45) is 5.41 Å². The van der Waals surface area contributed by atoms with Gasteiger partial charge in [-0.1, -0.05) is 25.5 Å². The van der Waals surface area contributed by atoms with Gasteiger partial charge in [0.25, 0.3) is 0 Å². The lowest BCUT2D eigenvalue weighted by molar-refractivity contribution is -0.149. The molecule has 0 heterocycles. The average molecular weight is 401 g/mol. The van der Waals surface area contributed by atoms with Gasteiger partial charge in [0, 0.05) is 18.8 Å². The molecule has 158 valence electrons. The molecule has 2 rings (SSSR count). The normalized spacial score (nSPS) is 22.5. The summed E-state index contributed by atoms with van der Waals surface area (Å²) in [5.41, 5.74) is 2.25. The summed E-state index contributed by atoms with van der Waals surface area (Å²) in [4.78, 5) is 24.3. The van der Waals surface area contributed by atoms with Crippen LogP contribution in [-0.4, -0.2) is 29.3 Å². The van der Waals surface area contributed by atoms with Crippen molar-refractivity contribution in [3.05, 3.63) is 53.1 Å². The van der Waals surface area contributed by atoms with Gasteiger partial charge < -0.3 is 14.6 Å². The Morgan fingerprint density at radius 3 is 2.38 bits per heavy atom. The van der Waals surface area contributed by atoms with Gasteiger partial charge in [0.05, 0.1) is 5.56 Å². The highest BCUT2D eigenvalue weighted by Crippen LogP contribution is 2.34. The minimum atomic E-state index is -0.460. The minimum Gasteiger partial charge on any atom is -0.508 e. The highest BCUT2D eigenvalue weighted by molar-refractivity contribution is 5.89. The summed E-state index contributed by atoms with van der Waals surface area (Å²) in [5.74, 6) is -0.682. The number of rotatable bonds is 3. The van der Waals surface area contributed by atoms with Crippen molar-refractivity contribution in [1.82, 2.24) is 0 Å². The molecule has 2 atom stereocenters. The molecule has 0 unspecified atom stereocenters. The molecule has 0 aliphatic heterocycles. The highest BCUT2D eigenvalue weighted by Gasteiger charge is 2.32. The Bertz CT molecular complexity index is 786. The van der Waals surface area contributed by atoms with E-state index in [4.69, 9.17) is 9.47 Å². The zero-order valence-corrected chi connectivity index (χ0v) is 18.0. The summed E-state index contributed by atoms with van der Waals surface area (Å²) in [5, 5.41) is 9.42. The van der Waals surface area contributed by atoms with Crippen LogP contribution in [0, 0.1) is 5.41 Å². The first kappa shape index (κ1) is 22.7. The summed E-state index contributed by atoms with van der Waals surface area (Å²) >= 11 is 0. The molecule has 0 spiro atoms. The predicted molar refractivity (Wildman–Crippen MR) is 113 cm³/mol. The first-order valence-corrected chi connectivity index (χ1v) is 10.1. The van der Waals surface area contributed by atoms with E-state index >= 15 is 0 Å². The number of phenolic OH excluding ortho intramolecular Hbond substituents is 1. The second-order valence-electron chi connectivity index (χ2n) is 8.51. The third-order valence-corrected chi connectivity index (χ3v) is 5.41. The second kappa shape index (κ2) is 9.77. The molecule has 0 saturated carbocycles. The molecule has 5 heteroatoms.